The van der Waals surface area contributed by atoms with Gasteiger partial charge in [-0.25, -0.2) is 9.97 Å². The molecule has 0 spiro atoms. The molecular formula is C11H18N4O. The Bertz CT molecular complexity index is 336. The van der Waals surface area contributed by atoms with Crippen molar-refractivity contribution in [3.63, 3.8) is 0 Å². The molecule has 1 amide bonds. The molecule has 0 radical (unpaired) electrons. The highest BCUT2D eigenvalue weighted by molar-refractivity contribution is 5.91. The molecule has 0 aliphatic heterocycles. The standard InChI is InChI=1S/C11H18N4O/c1-4-6-12-10-8-13-9(7-14-10)11(16)15(3)5-2/h7-8H,4-6H2,1-3H3,(H,12,14). The number of carbonyl (C=O) groups is 1. The second-order valence-corrected chi connectivity index (χ2v) is 3.53. The van der Waals surface area contributed by atoms with E-state index in [0.29, 0.717) is 18.1 Å². The third-order valence-electron chi connectivity index (χ3n) is 2.25. The van der Waals surface area contributed by atoms with Crippen molar-refractivity contribution in [2.24, 2.45) is 0 Å². The molecule has 0 bridgehead atoms. The molecule has 16 heavy (non-hydrogen) atoms. The average Bonchev–Trinajstić information content (AvgIpc) is 2.35. The molecule has 0 unspecified atom stereocenters. The molecule has 0 aliphatic rings. The number of carbonyl (C=O) groups excluding carboxylic acids is 1. The number of anilines is 1. The van der Waals surface area contributed by atoms with Crippen LogP contribution in [0.15, 0.2) is 12.4 Å². The maximum Gasteiger partial charge on any atom is 0.273 e. The van der Waals surface area contributed by atoms with Crippen LogP contribution in [0.1, 0.15) is 30.8 Å². The van der Waals surface area contributed by atoms with Crippen LogP contribution >= 0.6 is 0 Å². The van der Waals surface area contributed by atoms with Gasteiger partial charge in [0.25, 0.3) is 5.91 Å². The molecule has 0 aliphatic carbocycles. The molecule has 0 atom stereocenters. The van der Waals surface area contributed by atoms with Gasteiger partial charge in [-0.3, -0.25) is 4.79 Å². The summed E-state index contributed by atoms with van der Waals surface area (Å²) >= 11 is 0. The molecular weight excluding hydrogens is 204 g/mol. The van der Waals surface area contributed by atoms with Gasteiger partial charge in [0.1, 0.15) is 11.5 Å². The van der Waals surface area contributed by atoms with E-state index in [9.17, 15) is 4.79 Å². The van der Waals surface area contributed by atoms with Gasteiger partial charge in [-0.1, -0.05) is 6.92 Å². The lowest BCUT2D eigenvalue weighted by Gasteiger charge is -2.13. The molecule has 1 aromatic rings. The van der Waals surface area contributed by atoms with Crippen molar-refractivity contribution >= 4 is 11.7 Å². The second-order valence-electron chi connectivity index (χ2n) is 3.53. The normalized spacial score (nSPS) is 9.94. The molecule has 1 heterocycles. The number of hydrogen-bond acceptors (Lipinski definition) is 4. The molecule has 1 aromatic heterocycles. The lowest BCUT2D eigenvalue weighted by Crippen LogP contribution is -2.27. The van der Waals surface area contributed by atoms with Crippen molar-refractivity contribution in [1.82, 2.24) is 14.9 Å². The van der Waals surface area contributed by atoms with Gasteiger partial charge in [0.15, 0.2) is 0 Å². The Balaban J connectivity index is 2.67. The summed E-state index contributed by atoms with van der Waals surface area (Å²) in [7, 11) is 1.74. The van der Waals surface area contributed by atoms with Crippen LogP contribution in [0, 0.1) is 0 Å². The summed E-state index contributed by atoms with van der Waals surface area (Å²) in [6.45, 7) is 5.52. The van der Waals surface area contributed by atoms with E-state index in [0.717, 1.165) is 13.0 Å². The summed E-state index contributed by atoms with van der Waals surface area (Å²) in [5.74, 6) is 0.606. The topological polar surface area (TPSA) is 58.1 Å². The fraction of sp³-hybridized carbons (Fsp3) is 0.545. The van der Waals surface area contributed by atoms with E-state index in [2.05, 4.69) is 22.2 Å². The summed E-state index contributed by atoms with van der Waals surface area (Å²) in [5.41, 5.74) is 0.381. The maximum absolute atomic E-state index is 11.7. The van der Waals surface area contributed by atoms with Crippen molar-refractivity contribution in [3.8, 4) is 0 Å². The zero-order valence-electron chi connectivity index (χ0n) is 10.0. The first-order valence-electron chi connectivity index (χ1n) is 5.50. The van der Waals surface area contributed by atoms with Crippen LogP contribution in [-0.2, 0) is 0 Å². The predicted octanol–water partition coefficient (Wildman–Crippen LogP) is 1.39. The Morgan fingerprint density at radius 2 is 2.12 bits per heavy atom. The van der Waals surface area contributed by atoms with Gasteiger partial charge in [-0.15, -0.1) is 0 Å². The van der Waals surface area contributed by atoms with Gasteiger partial charge in [0, 0.05) is 20.1 Å². The Morgan fingerprint density at radius 3 is 2.62 bits per heavy atom. The van der Waals surface area contributed by atoms with Crippen LogP contribution in [0.5, 0.6) is 0 Å². The number of aromatic nitrogens is 2. The summed E-state index contributed by atoms with van der Waals surface area (Å²) < 4.78 is 0. The third kappa shape index (κ3) is 3.18. The second kappa shape index (κ2) is 6.05. The van der Waals surface area contributed by atoms with Gasteiger partial charge in [-0.05, 0) is 13.3 Å². The number of amides is 1. The summed E-state index contributed by atoms with van der Waals surface area (Å²) in [6.07, 6.45) is 4.12. The number of nitrogens with one attached hydrogen (secondary N) is 1. The molecule has 0 aromatic carbocycles. The van der Waals surface area contributed by atoms with Gasteiger partial charge < -0.3 is 10.2 Å². The van der Waals surface area contributed by atoms with Gasteiger partial charge >= 0.3 is 0 Å². The Hall–Kier alpha value is -1.65. The van der Waals surface area contributed by atoms with Crippen LogP contribution in [0.25, 0.3) is 0 Å². The van der Waals surface area contributed by atoms with E-state index in [-0.39, 0.29) is 5.91 Å². The van der Waals surface area contributed by atoms with Crippen molar-refractivity contribution in [2.75, 3.05) is 25.5 Å². The lowest BCUT2D eigenvalue weighted by molar-refractivity contribution is 0.0796. The van der Waals surface area contributed by atoms with Crippen molar-refractivity contribution in [1.29, 1.82) is 0 Å². The quantitative estimate of drug-likeness (QED) is 0.818. The Morgan fingerprint density at radius 1 is 1.38 bits per heavy atom. The summed E-state index contributed by atoms with van der Waals surface area (Å²) in [6, 6.07) is 0. The minimum absolute atomic E-state index is 0.1000. The lowest BCUT2D eigenvalue weighted by atomic mass is 10.4. The van der Waals surface area contributed by atoms with E-state index in [1.165, 1.54) is 6.20 Å². The van der Waals surface area contributed by atoms with Crippen molar-refractivity contribution in [3.05, 3.63) is 18.1 Å². The number of rotatable bonds is 5. The molecule has 5 heteroatoms. The van der Waals surface area contributed by atoms with E-state index in [1.54, 1.807) is 18.1 Å². The number of nitrogens with zero attached hydrogens (tertiary/aromatic N) is 3. The highest BCUT2D eigenvalue weighted by atomic mass is 16.2. The minimum atomic E-state index is -0.1000. The zero-order valence-corrected chi connectivity index (χ0v) is 10.0. The highest BCUT2D eigenvalue weighted by Gasteiger charge is 2.11. The summed E-state index contributed by atoms with van der Waals surface area (Å²) in [4.78, 5) is 21.5. The molecule has 88 valence electrons. The van der Waals surface area contributed by atoms with E-state index >= 15 is 0 Å². The monoisotopic (exact) mass is 222 g/mol. The molecule has 1 N–H and O–H groups in total. The molecule has 0 fully saturated rings. The van der Waals surface area contributed by atoms with Crippen LogP contribution in [-0.4, -0.2) is 40.9 Å². The molecule has 1 rings (SSSR count). The van der Waals surface area contributed by atoms with Crippen LogP contribution in [0.3, 0.4) is 0 Å². The summed E-state index contributed by atoms with van der Waals surface area (Å²) in [5, 5.41) is 3.11. The largest absolute Gasteiger partial charge is 0.369 e. The predicted molar refractivity (Wildman–Crippen MR) is 63.4 cm³/mol. The Labute approximate surface area is 95.9 Å². The van der Waals surface area contributed by atoms with Crippen molar-refractivity contribution < 1.29 is 4.79 Å². The first-order valence-corrected chi connectivity index (χ1v) is 5.50. The van der Waals surface area contributed by atoms with Gasteiger partial charge in [-0.2, -0.15) is 0 Å². The number of hydrogen-bond donors (Lipinski definition) is 1. The van der Waals surface area contributed by atoms with E-state index in [4.69, 9.17) is 0 Å². The van der Waals surface area contributed by atoms with Crippen molar-refractivity contribution in [2.45, 2.75) is 20.3 Å². The Kier molecular flexibility index (Phi) is 4.69. The third-order valence-corrected chi connectivity index (χ3v) is 2.25. The van der Waals surface area contributed by atoms with E-state index < -0.39 is 0 Å². The average molecular weight is 222 g/mol. The van der Waals surface area contributed by atoms with Crippen LogP contribution in [0.2, 0.25) is 0 Å². The van der Waals surface area contributed by atoms with Crippen LogP contribution in [0.4, 0.5) is 5.82 Å². The molecule has 0 saturated heterocycles. The maximum atomic E-state index is 11.7. The van der Waals surface area contributed by atoms with Gasteiger partial charge in [0.2, 0.25) is 0 Å². The van der Waals surface area contributed by atoms with Crippen LogP contribution < -0.4 is 5.32 Å². The fourth-order valence-electron chi connectivity index (χ4n) is 1.12. The van der Waals surface area contributed by atoms with Gasteiger partial charge in [0.05, 0.1) is 12.4 Å². The zero-order chi connectivity index (χ0) is 12.0. The van der Waals surface area contributed by atoms with E-state index in [1.807, 2.05) is 6.92 Å². The SMILES string of the molecule is CCCNc1cnc(C(=O)N(C)CC)cn1. The molecule has 0 saturated carbocycles. The first kappa shape index (κ1) is 12.4. The fourth-order valence-corrected chi connectivity index (χ4v) is 1.12. The minimum Gasteiger partial charge on any atom is -0.369 e. The smallest absolute Gasteiger partial charge is 0.273 e. The highest BCUT2D eigenvalue weighted by Crippen LogP contribution is 2.03. The first-order chi connectivity index (χ1) is 7.69. The molecule has 5 nitrogen and oxygen atoms in total.